The van der Waals surface area contributed by atoms with Gasteiger partial charge >= 0.3 is 0 Å². The van der Waals surface area contributed by atoms with Crippen molar-refractivity contribution in [3.8, 4) is 0 Å². The molecule has 0 N–H and O–H groups in total. The van der Waals surface area contributed by atoms with Crippen molar-refractivity contribution in [3.05, 3.63) is 11.7 Å². The van der Waals surface area contributed by atoms with E-state index in [1.807, 2.05) is 6.92 Å². The van der Waals surface area contributed by atoms with E-state index in [1.54, 1.807) is 6.92 Å². The van der Waals surface area contributed by atoms with E-state index in [0.29, 0.717) is 11.8 Å². The predicted octanol–water partition coefficient (Wildman–Crippen LogP) is 2.42. The molecule has 0 saturated heterocycles. The normalized spacial score (nSPS) is 18.5. The van der Waals surface area contributed by atoms with Crippen molar-refractivity contribution in [2.24, 2.45) is 0 Å². The molecule has 82 valence electrons. The highest BCUT2D eigenvalue weighted by Crippen LogP contribution is 2.35. The molecule has 1 saturated carbocycles. The summed E-state index contributed by atoms with van der Waals surface area (Å²) in [5, 5.41) is 3.95. The number of rotatable bonds is 4. The Morgan fingerprint density at radius 3 is 2.80 bits per heavy atom. The van der Waals surface area contributed by atoms with Gasteiger partial charge in [-0.1, -0.05) is 18.5 Å². The minimum Gasteiger partial charge on any atom is -0.339 e. The van der Waals surface area contributed by atoms with Crippen molar-refractivity contribution in [2.75, 3.05) is 0 Å². The van der Waals surface area contributed by atoms with Gasteiger partial charge in [0.2, 0.25) is 5.89 Å². The third-order valence-corrected chi connectivity index (χ3v) is 3.12. The van der Waals surface area contributed by atoms with E-state index in [0.717, 1.165) is 25.1 Å². The number of hydrogen-bond acceptors (Lipinski definition) is 4. The van der Waals surface area contributed by atoms with Crippen LogP contribution in [0.25, 0.3) is 0 Å². The summed E-state index contributed by atoms with van der Waals surface area (Å²) in [7, 11) is 0. The molecule has 0 aliphatic heterocycles. The Morgan fingerprint density at radius 1 is 1.60 bits per heavy atom. The van der Waals surface area contributed by atoms with Crippen molar-refractivity contribution in [2.45, 2.75) is 51.4 Å². The van der Waals surface area contributed by atoms with Crippen LogP contribution in [0.2, 0.25) is 0 Å². The highest BCUT2D eigenvalue weighted by molar-refractivity contribution is 5.82. The summed E-state index contributed by atoms with van der Waals surface area (Å²) in [4.78, 5) is 15.6. The Labute approximate surface area is 89.1 Å². The van der Waals surface area contributed by atoms with Crippen LogP contribution in [0.4, 0.5) is 0 Å². The Balaban J connectivity index is 2.14. The lowest BCUT2D eigenvalue weighted by Crippen LogP contribution is -2.11. The molecular formula is C11H16N2O2. The number of carbonyl (C=O) groups is 1. The first kappa shape index (κ1) is 10.3. The van der Waals surface area contributed by atoms with E-state index in [9.17, 15) is 4.79 Å². The van der Waals surface area contributed by atoms with E-state index in [-0.39, 0.29) is 11.7 Å². The zero-order chi connectivity index (χ0) is 10.8. The molecular weight excluding hydrogens is 192 g/mol. The summed E-state index contributed by atoms with van der Waals surface area (Å²) in [5.74, 6) is 1.63. The van der Waals surface area contributed by atoms with E-state index in [2.05, 4.69) is 10.1 Å². The van der Waals surface area contributed by atoms with Crippen LogP contribution in [0.5, 0.6) is 0 Å². The molecule has 1 fully saturated rings. The topological polar surface area (TPSA) is 56.0 Å². The maximum Gasteiger partial charge on any atom is 0.237 e. The first-order chi connectivity index (χ1) is 7.22. The molecule has 0 aromatic carbocycles. The molecule has 1 heterocycles. The van der Waals surface area contributed by atoms with E-state index in [1.165, 1.54) is 6.42 Å². The second-order valence-electron chi connectivity index (χ2n) is 4.19. The molecule has 0 spiro atoms. The average molecular weight is 208 g/mol. The van der Waals surface area contributed by atoms with Crippen LogP contribution in [0.3, 0.4) is 0 Å². The SMILES string of the molecule is CCC(C(C)=O)c1nc(C2CCC2)no1. The number of carbonyl (C=O) groups excluding carboxylic acids is 1. The quantitative estimate of drug-likeness (QED) is 0.762. The van der Waals surface area contributed by atoms with Gasteiger partial charge in [0.1, 0.15) is 5.78 Å². The fourth-order valence-electron chi connectivity index (χ4n) is 1.86. The minimum absolute atomic E-state index is 0.0984. The van der Waals surface area contributed by atoms with Gasteiger partial charge in [0, 0.05) is 5.92 Å². The maximum absolute atomic E-state index is 11.3. The van der Waals surface area contributed by atoms with Crippen LogP contribution in [0.1, 0.15) is 63.1 Å². The largest absolute Gasteiger partial charge is 0.339 e. The smallest absolute Gasteiger partial charge is 0.237 e. The van der Waals surface area contributed by atoms with Gasteiger partial charge in [-0.05, 0) is 26.2 Å². The molecule has 15 heavy (non-hydrogen) atoms. The third-order valence-electron chi connectivity index (χ3n) is 3.12. The number of aromatic nitrogens is 2. The van der Waals surface area contributed by atoms with Crippen LogP contribution in [-0.4, -0.2) is 15.9 Å². The molecule has 4 heteroatoms. The lowest BCUT2D eigenvalue weighted by molar-refractivity contribution is -0.119. The Hall–Kier alpha value is -1.19. The standard InChI is InChI=1S/C11H16N2O2/c1-3-9(7(2)14)11-12-10(13-15-11)8-5-4-6-8/h8-9H,3-6H2,1-2H3. The van der Waals surface area contributed by atoms with Crippen LogP contribution in [-0.2, 0) is 4.79 Å². The number of nitrogens with zero attached hydrogens (tertiary/aromatic N) is 2. The summed E-state index contributed by atoms with van der Waals surface area (Å²) >= 11 is 0. The Kier molecular flexibility index (Phi) is 2.84. The molecule has 1 aromatic rings. The summed E-state index contributed by atoms with van der Waals surface area (Å²) in [5.41, 5.74) is 0. The summed E-state index contributed by atoms with van der Waals surface area (Å²) < 4.78 is 5.15. The van der Waals surface area contributed by atoms with Crippen molar-refractivity contribution >= 4 is 5.78 Å². The van der Waals surface area contributed by atoms with E-state index < -0.39 is 0 Å². The van der Waals surface area contributed by atoms with Crippen molar-refractivity contribution in [3.63, 3.8) is 0 Å². The van der Waals surface area contributed by atoms with Crippen LogP contribution in [0, 0.1) is 0 Å². The molecule has 1 aliphatic rings. The average Bonchev–Trinajstić information content (AvgIpc) is 2.51. The Bertz CT molecular complexity index is 355. The number of Topliss-reactive ketones (excluding diaryl/α,β-unsaturated/α-hetero) is 1. The molecule has 4 nitrogen and oxygen atoms in total. The molecule has 0 amide bonds. The molecule has 1 aromatic heterocycles. The molecule has 1 unspecified atom stereocenters. The summed E-state index contributed by atoms with van der Waals surface area (Å²) in [6, 6.07) is 0. The summed E-state index contributed by atoms with van der Waals surface area (Å²) in [6.45, 7) is 3.53. The fourth-order valence-corrected chi connectivity index (χ4v) is 1.86. The Morgan fingerprint density at radius 2 is 2.33 bits per heavy atom. The maximum atomic E-state index is 11.3. The van der Waals surface area contributed by atoms with Gasteiger partial charge in [-0.2, -0.15) is 4.98 Å². The number of ketones is 1. The third kappa shape index (κ3) is 1.94. The van der Waals surface area contributed by atoms with E-state index in [4.69, 9.17) is 4.52 Å². The first-order valence-electron chi connectivity index (χ1n) is 5.56. The van der Waals surface area contributed by atoms with Crippen molar-refractivity contribution in [1.82, 2.24) is 10.1 Å². The van der Waals surface area contributed by atoms with Crippen LogP contribution < -0.4 is 0 Å². The highest BCUT2D eigenvalue weighted by atomic mass is 16.5. The second-order valence-corrected chi connectivity index (χ2v) is 4.19. The molecule has 0 bridgehead atoms. The minimum atomic E-state index is -0.216. The molecule has 0 radical (unpaired) electrons. The van der Waals surface area contributed by atoms with Crippen LogP contribution in [0.15, 0.2) is 4.52 Å². The fraction of sp³-hybridized carbons (Fsp3) is 0.727. The zero-order valence-electron chi connectivity index (χ0n) is 9.19. The van der Waals surface area contributed by atoms with E-state index >= 15 is 0 Å². The van der Waals surface area contributed by atoms with Gasteiger partial charge < -0.3 is 4.52 Å². The lowest BCUT2D eigenvalue weighted by Gasteiger charge is -2.21. The van der Waals surface area contributed by atoms with Gasteiger partial charge in [0.05, 0.1) is 5.92 Å². The second kappa shape index (κ2) is 4.13. The monoisotopic (exact) mass is 208 g/mol. The molecule has 1 aliphatic carbocycles. The first-order valence-corrected chi connectivity index (χ1v) is 5.56. The van der Waals surface area contributed by atoms with Gasteiger partial charge in [-0.3, -0.25) is 4.79 Å². The van der Waals surface area contributed by atoms with Gasteiger partial charge in [0.25, 0.3) is 0 Å². The van der Waals surface area contributed by atoms with Crippen molar-refractivity contribution in [1.29, 1.82) is 0 Å². The lowest BCUT2D eigenvalue weighted by atomic mass is 9.85. The molecule has 1 atom stereocenters. The van der Waals surface area contributed by atoms with Crippen molar-refractivity contribution < 1.29 is 9.32 Å². The highest BCUT2D eigenvalue weighted by Gasteiger charge is 2.27. The van der Waals surface area contributed by atoms with Gasteiger partial charge in [-0.25, -0.2) is 0 Å². The van der Waals surface area contributed by atoms with Gasteiger partial charge in [-0.15, -0.1) is 0 Å². The summed E-state index contributed by atoms with van der Waals surface area (Å²) in [6.07, 6.45) is 4.27. The number of hydrogen-bond donors (Lipinski definition) is 0. The zero-order valence-corrected chi connectivity index (χ0v) is 9.19. The molecule has 2 rings (SSSR count). The van der Waals surface area contributed by atoms with Crippen LogP contribution >= 0.6 is 0 Å². The van der Waals surface area contributed by atoms with Gasteiger partial charge in [0.15, 0.2) is 5.82 Å². The predicted molar refractivity (Wildman–Crippen MR) is 54.6 cm³/mol.